The molecule has 2 heterocycles. The summed E-state index contributed by atoms with van der Waals surface area (Å²) in [5.41, 5.74) is 1.79. The molecular weight excluding hydrogens is 414 g/mol. The van der Waals surface area contributed by atoms with Gasteiger partial charge in [0, 0.05) is 11.4 Å². The van der Waals surface area contributed by atoms with Crippen LogP contribution in [0.5, 0.6) is 5.75 Å². The summed E-state index contributed by atoms with van der Waals surface area (Å²) in [4.78, 5) is 33.6. The minimum absolute atomic E-state index is 0.0783. The molecule has 31 heavy (non-hydrogen) atoms. The predicted molar refractivity (Wildman–Crippen MR) is 123 cm³/mol. The van der Waals surface area contributed by atoms with Gasteiger partial charge in [0.15, 0.2) is 5.16 Å². The van der Waals surface area contributed by atoms with E-state index in [1.165, 1.54) is 17.8 Å². The van der Waals surface area contributed by atoms with Crippen molar-refractivity contribution in [2.24, 2.45) is 0 Å². The van der Waals surface area contributed by atoms with Gasteiger partial charge in [-0.05, 0) is 31.0 Å². The van der Waals surface area contributed by atoms with Crippen molar-refractivity contribution in [3.05, 3.63) is 69.7 Å². The van der Waals surface area contributed by atoms with E-state index in [-0.39, 0.29) is 12.2 Å². The Kier molecular flexibility index (Phi) is 7.57. The van der Waals surface area contributed by atoms with Crippen LogP contribution in [0.15, 0.2) is 58.1 Å². The molecule has 0 saturated carbocycles. The molecule has 0 amide bonds. The standard InChI is InChI=1S/C23H27N3O4S/c1-5-7-12-31-23-25-20-19(21(27)26-23)18(15-9-8-10-16(13-15)29-4)17(14(3)24-20)22(28)30-11-6-2/h6,8-10,13,18H,2,5,7,11-12H2,1,3-4H3,(H2,24,25,26,27)/t18-/m1/s1. The van der Waals surface area contributed by atoms with E-state index in [9.17, 15) is 9.59 Å². The first-order chi connectivity index (χ1) is 15.0. The summed E-state index contributed by atoms with van der Waals surface area (Å²) < 4.78 is 10.7. The smallest absolute Gasteiger partial charge is 0.337 e. The number of carbonyl (C=O) groups excluding carboxylic acids is 1. The second kappa shape index (κ2) is 10.3. The molecule has 0 saturated heterocycles. The fourth-order valence-corrected chi connectivity index (χ4v) is 4.40. The number of nitrogens with zero attached hydrogens (tertiary/aromatic N) is 1. The van der Waals surface area contributed by atoms with Crippen molar-refractivity contribution >= 4 is 23.5 Å². The lowest BCUT2D eigenvalue weighted by molar-refractivity contribution is -0.138. The summed E-state index contributed by atoms with van der Waals surface area (Å²) in [7, 11) is 1.57. The van der Waals surface area contributed by atoms with Crippen LogP contribution in [0.3, 0.4) is 0 Å². The molecule has 0 unspecified atom stereocenters. The summed E-state index contributed by atoms with van der Waals surface area (Å²) in [6.07, 6.45) is 3.60. The Morgan fingerprint density at radius 3 is 2.90 bits per heavy atom. The lowest BCUT2D eigenvalue weighted by Gasteiger charge is -2.29. The van der Waals surface area contributed by atoms with Crippen LogP contribution in [-0.2, 0) is 9.53 Å². The van der Waals surface area contributed by atoms with E-state index in [0.29, 0.717) is 33.6 Å². The zero-order valence-electron chi connectivity index (χ0n) is 18.0. The third kappa shape index (κ3) is 5.02. The molecule has 3 rings (SSSR count). The van der Waals surface area contributed by atoms with Crippen LogP contribution in [0.25, 0.3) is 0 Å². The molecule has 1 aromatic heterocycles. The summed E-state index contributed by atoms with van der Waals surface area (Å²) in [5, 5.41) is 3.70. The quantitative estimate of drug-likeness (QED) is 0.198. The minimum atomic E-state index is -0.644. The molecule has 8 heteroatoms. The van der Waals surface area contributed by atoms with Crippen LogP contribution in [0, 0.1) is 0 Å². The Morgan fingerprint density at radius 2 is 2.19 bits per heavy atom. The first-order valence-corrected chi connectivity index (χ1v) is 11.2. The number of allylic oxidation sites excluding steroid dienone is 1. The summed E-state index contributed by atoms with van der Waals surface area (Å²) in [6.45, 7) is 7.57. The van der Waals surface area contributed by atoms with Gasteiger partial charge in [-0.25, -0.2) is 9.78 Å². The van der Waals surface area contributed by atoms with Crippen molar-refractivity contribution in [3.8, 4) is 5.75 Å². The minimum Gasteiger partial charge on any atom is -0.497 e. The Hall–Kier alpha value is -3.00. The number of esters is 1. The van der Waals surface area contributed by atoms with E-state index in [4.69, 9.17) is 9.47 Å². The van der Waals surface area contributed by atoms with Gasteiger partial charge in [0.1, 0.15) is 18.2 Å². The Morgan fingerprint density at radius 1 is 1.39 bits per heavy atom. The number of ether oxygens (including phenoxy) is 2. The highest BCUT2D eigenvalue weighted by molar-refractivity contribution is 7.99. The molecular formula is C23H27N3O4S. The molecule has 1 aliphatic heterocycles. The van der Waals surface area contributed by atoms with Crippen molar-refractivity contribution in [2.45, 2.75) is 37.8 Å². The van der Waals surface area contributed by atoms with Crippen molar-refractivity contribution in [2.75, 3.05) is 24.8 Å². The number of benzene rings is 1. The van der Waals surface area contributed by atoms with Gasteiger partial charge in [0.05, 0.1) is 24.2 Å². The number of hydrogen-bond donors (Lipinski definition) is 2. The number of rotatable bonds is 9. The van der Waals surface area contributed by atoms with E-state index in [1.807, 2.05) is 24.3 Å². The van der Waals surface area contributed by atoms with Crippen molar-refractivity contribution < 1.29 is 14.3 Å². The molecule has 164 valence electrons. The van der Waals surface area contributed by atoms with Crippen molar-refractivity contribution in [1.82, 2.24) is 9.97 Å². The summed E-state index contributed by atoms with van der Waals surface area (Å²) >= 11 is 1.51. The number of aromatic amines is 1. The van der Waals surface area contributed by atoms with E-state index in [1.54, 1.807) is 14.0 Å². The third-order valence-electron chi connectivity index (χ3n) is 4.94. The molecule has 0 spiro atoms. The average Bonchev–Trinajstić information content (AvgIpc) is 2.76. The van der Waals surface area contributed by atoms with Crippen molar-refractivity contribution in [1.29, 1.82) is 0 Å². The average molecular weight is 442 g/mol. The second-order valence-corrected chi connectivity index (χ2v) is 8.18. The molecule has 7 nitrogen and oxygen atoms in total. The van der Waals surface area contributed by atoms with Gasteiger partial charge in [-0.2, -0.15) is 0 Å². The number of H-pyrrole nitrogens is 1. The van der Waals surface area contributed by atoms with Gasteiger partial charge >= 0.3 is 5.97 Å². The number of hydrogen-bond acceptors (Lipinski definition) is 7. The maximum atomic E-state index is 13.2. The number of nitrogens with one attached hydrogen (secondary N) is 2. The van der Waals surface area contributed by atoms with E-state index < -0.39 is 11.9 Å². The Labute approximate surface area is 186 Å². The molecule has 2 N–H and O–H groups in total. The molecule has 1 aliphatic rings. The zero-order valence-corrected chi connectivity index (χ0v) is 18.8. The first-order valence-electron chi connectivity index (χ1n) is 10.2. The predicted octanol–water partition coefficient (Wildman–Crippen LogP) is 4.23. The van der Waals surface area contributed by atoms with Crippen LogP contribution < -0.4 is 15.6 Å². The van der Waals surface area contributed by atoms with Crippen LogP contribution in [0.1, 0.15) is 43.7 Å². The maximum Gasteiger partial charge on any atom is 0.337 e. The van der Waals surface area contributed by atoms with Gasteiger partial charge in [-0.15, -0.1) is 0 Å². The van der Waals surface area contributed by atoms with Gasteiger partial charge in [-0.3, -0.25) is 4.79 Å². The largest absolute Gasteiger partial charge is 0.497 e. The molecule has 0 radical (unpaired) electrons. The monoisotopic (exact) mass is 441 g/mol. The highest BCUT2D eigenvalue weighted by atomic mass is 32.2. The van der Waals surface area contributed by atoms with E-state index in [0.717, 1.165) is 24.2 Å². The molecule has 0 bridgehead atoms. The van der Waals surface area contributed by atoms with E-state index in [2.05, 4.69) is 28.8 Å². The number of methoxy groups -OCH3 is 1. The molecule has 1 atom stereocenters. The highest BCUT2D eigenvalue weighted by Crippen LogP contribution is 2.40. The van der Waals surface area contributed by atoms with Gasteiger partial charge in [-0.1, -0.05) is 49.9 Å². The number of fused-ring (bicyclic) bond motifs is 1. The normalized spacial score (nSPS) is 15.1. The van der Waals surface area contributed by atoms with Crippen LogP contribution in [-0.4, -0.2) is 35.4 Å². The fourth-order valence-electron chi connectivity index (χ4n) is 3.45. The number of carbonyl (C=O) groups is 1. The van der Waals surface area contributed by atoms with Gasteiger partial charge in [0.2, 0.25) is 0 Å². The Bertz CT molecular complexity index is 1060. The molecule has 0 aliphatic carbocycles. The van der Waals surface area contributed by atoms with E-state index >= 15 is 0 Å². The topological polar surface area (TPSA) is 93.3 Å². The van der Waals surface area contributed by atoms with Gasteiger partial charge in [0.25, 0.3) is 5.56 Å². The summed E-state index contributed by atoms with van der Waals surface area (Å²) in [5.74, 6) is 0.795. The molecule has 1 aromatic carbocycles. The van der Waals surface area contributed by atoms with Crippen LogP contribution in [0.2, 0.25) is 0 Å². The van der Waals surface area contributed by atoms with Crippen LogP contribution >= 0.6 is 11.8 Å². The fraction of sp³-hybridized carbons (Fsp3) is 0.348. The number of thioether (sulfide) groups is 1. The SMILES string of the molecule is C=CCOC(=O)C1=C(C)Nc2nc(SCCCC)[nH]c(=O)c2[C@@H]1c1cccc(OC)c1. The lowest BCUT2D eigenvalue weighted by Crippen LogP contribution is -2.31. The summed E-state index contributed by atoms with van der Waals surface area (Å²) in [6, 6.07) is 7.32. The first kappa shape index (κ1) is 22.7. The van der Waals surface area contributed by atoms with Gasteiger partial charge < -0.3 is 19.8 Å². The molecule has 0 fully saturated rings. The maximum absolute atomic E-state index is 13.2. The van der Waals surface area contributed by atoms with Crippen LogP contribution in [0.4, 0.5) is 5.82 Å². The highest BCUT2D eigenvalue weighted by Gasteiger charge is 2.36. The lowest BCUT2D eigenvalue weighted by atomic mass is 9.82. The number of anilines is 1. The Balaban J connectivity index is 2.13. The van der Waals surface area contributed by atoms with Crippen molar-refractivity contribution in [3.63, 3.8) is 0 Å². The third-order valence-corrected chi connectivity index (χ3v) is 5.90. The number of unbranched alkanes of at least 4 members (excludes halogenated alkanes) is 1. The second-order valence-electron chi connectivity index (χ2n) is 7.10. The zero-order chi connectivity index (χ0) is 22.4. The molecule has 2 aromatic rings. The number of aromatic nitrogens is 2.